The van der Waals surface area contributed by atoms with E-state index in [1.807, 2.05) is 0 Å². The molecule has 5 nitrogen and oxygen atoms in total. The molecule has 17 heavy (non-hydrogen) atoms. The van der Waals surface area contributed by atoms with Crippen LogP contribution in [0.2, 0.25) is 0 Å². The number of fused-ring (bicyclic) bond motifs is 2. The van der Waals surface area contributed by atoms with Crippen molar-refractivity contribution in [2.45, 2.75) is 36.6 Å². The average Bonchev–Trinajstić information content (AvgIpc) is 2.88. The number of rotatable bonds is 4. The minimum atomic E-state index is -3.43. The molecule has 0 saturated carbocycles. The van der Waals surface area contributed by atoms with Crippen molar-refractivity contribution in [3.63, 3.8) is 0 Å². The summed E-state index contributed by atoms with van der Waals surface area (Å²) in [7, 11) is -6.85. The van der Waals surface area contributed by atoms with Crippen LogP contribution in [-0.4, -0.2) is 51.0 Å². The first-order valence-corrected chi connectivity index (χ1v) is 9.03. The van der Waals surface area contributed by atoms with E-state index in [4.69, 9.17) is 4.74 Å². The van der Waals surface area contributed by atoms with Gasteiger partial charge in [-0.15, -0.1) is 0 Å². The molecule has 1 saturated heterocycles. The lowest BCUT2D eigenvalue weighted by Gasteiger charge is -2.24. The van der Waals surface area contributed by atoms with Gasteiger partial charge in [-0.1, -0.05) is 26.0 Å². The molecule has 0 spiro atoms. The predicted octanol–water partition coefficient (Wildman–Crippen LogP) is -0.0698. The summed E-state index contributed by atoms with van der Waals surface area (Å²) in [5.74, 6) is -0.123. The maximum absolute atomic E-state index is 12.0. The molecular formula is C10H16O5S2. The number of sulfone groups is 2. The molecule has 7 heteroatoms. The van der Waals surface area contributed by atoms with Gasteiger partial charge in [0.1, 0.15) is 10.5 Å². The van der Waals surface area contributed by atoms with Gasteiger partial charge in [0.05, 0.1) is 12.2 Å². The lowest BCUT2D eigenvalue weighted by atomic mass is 10.1. The van der Waals surface area contributed by atoms with E-state index in [0.29, 0.717) is 0 Å². The second-order valence-corrected chi connectivity index (χ2v) is 9.18. The summed E-state index contributed by atoms with van der Waals surface area (Å²) < 4.78 is 53.3. The Kier molecular flexibility index (Phi) is 3.12. The summed E-state index contributed by atoms with van der Waals surface area (Å²) in [5, 5.41) is -1.88. The van der Waals surface area contributed by atoms with E-state index in [-0.39, 0.29) is 11.5 Å². The van der Waals surface area contributed by atoms with Gasteiger partial charge in [-0.25, -0.2) is 16.8 Å². The first kappa shape index (κ1) is 13.0. The van der Waals surface area contributed by atoms with Crippen LogP contribution >= 0.6 is 0 Å². The molecule has 2 aliphatic rings. The zero-order valence-electron chi connectivity index (χ0n) is 9.74. The number of hydrogen-bond donors (Lipinski definition) is 0. The molecule has 0 aromatic rings. The molecule has 4 unspecified atom stereocenters. The van der Waals surface area contributed by atoms with Gasteiger partial charge in [-0.05, 0) is 0 Å². The lowest BCUT2D eigenvalue weighted by Crippen LogP contribution is -2.46. The molecular weight excluding hydrogens is 264 g/mol. The molecule has 0 aliphatic carbocycles. The van der Waals surface area contributed by atoms with Crippen LogP contribution in [0.1, 0.15) is 13.8 Å². The average molecular weight is 280 g/mol. The van der Waals surface area contributed by atoms with E-state index in [0.717, 1.165) is 0 Å². The van der Waals surface area contributed by atoms with Gasteiger partial charge in [0.2, 0.25) is 0 Å². The van der Waals surface area contributed by atoms with Crippen LogP contribution in [0, 0.1) is 0 Å². The summed E-state index contributed by atoms with van der Waals surface area (Å²) in [4.78, 5) is 0. The Morgan fingerprint density at radius 3 is 1.53 bits per heavy atom. The van der Waals surface area contributed by atoms with Crippen molar-refractivity contribution in [3.05, 3.63) is 12.2 Å². The monoisotopic (exact) mass is 280 g/mol. The maximum Gasteiger partial charge on any atom is 0.157 e. The minimum absolute atomic E-state index is 0.0617. The van der Waals surface area contributed by atoms with Gasteiger partial charge in [0, 0.05) is 11.5 Å². The first-order valence-electron chi connectivity index (χ1n) is 5.60. The Morgan fingerprint density at radius 1 is 0.882 bits per heavy atom. The molecule has 2 bridgehead atoms. The second kappa shape index (κ2) is 4.07. The van der Waals surface area contributed by atoms with Gasteiger partial charge in [0.15, 0.2) is 19.7 Å². The van der Waals surface area contributed by atoms with E-state index >= 15 is 0 Å². The maximum atomic E-state index is 12.0. The molecule has 1 fully saturated rings. The summed E-state index contributed by atoms with van der Waals surface area (Å²) in [6, 6.07) is 0. The van der Waals surface area contributed by atoms with Crippen LogP contribution in [-0.2, 0) is 24.4 Å². The quantitative estimate of drug-likeness (QED) is 0.674. The Labute approximate surface area is 102 Å². The number of ether oxygens (including phenoxy) is 1. The van der Waals surface area contributed by atoms with Crippen LogP contribution in [0.3, 0.4) is 0 Å². The fraction of sp³-hybridized carbons (Fsp3) is 0.800. The van der Waals surface area contributed by atoms with Gasteiger partial charge in [-0.3, -0.25) is 0 Å². The fourth-order valence-corrected chi connectivity index (χ4v) is 6.48. The standard InChI is InChI=1S/C10H16O5S2/c1-3-16(11,12)9-7-5-6-8(15-7)10(9)17(13,14)4-2/h5-10H,3-4H2,1-2H3. The molecule has 4 atom stereocenters. The van der Waals surface area contributed by atoms with Crippen molar-refractivity contribution in [2.24, 2.45) is 0 Å². The Morgan fingerprint density at radius 2 is 1.24 bits per heavy atom. The van der Waals surface area contributed by atoms with E-state index < -0.39 is 42.4 Å². The summed E-state index contributed by atoms with van der Waals surface area (Å²) in [6.45, 7) is 3.06. The van der Waals surface area contributed by atoms with Crippen LogP contribution in [0.5, 0.6) is 0 Å². The highest BCUT2D eigenvalue weighted by Crippen LogP contribution is 2.38. The number of hydrogen-bond acceptors (Lipinski definition) is 5. The smallest absolute Gasteiger partial charge is 0.157 e. The minimum Gasteiger partial charge on any atom is -0.364 e. The molecule has 2 aliphatic heterocycles. The van der Waals surface area contributed by atoms with Crippen LogP contribution < -0.4 is 0 Å². The van der Waals surface area contributed by atoms with Crippen LogP contribution in [0.4, 0.5) is 0 Å². The Bertz CT molecular complexity index is 483. The zero-order chi connectivity index (χ0) is 12.8. The zero-order valence-corrected chi connectivity index (χ0v) is 11.4. The molecule has 0 amide bonds. The van der Waals surface area contributed by atoms with E-state index in [2.05, 4.69) is 0 Å². The SMILES string of the molecule is CCS(=O)(=O)C1C2C=CC(O2)C1S(=O)(=O)CC. The summed E-state index contributed by atoms with van der Waals surface area (Å²) in [6.07, 6.45) is 2.11. The second-order valence-electron chi connectivity index (χ2n) is 4.28. The van der Waals surface area contributed by atoms with Gasteiger partial charge < -0.3 is 4.74 Å². The van der Waals surface area contributed by atoms with E-state index in [9.17, 15) is 16.8 Å². The molecule has 0 N–H and O–H groups in total. The van der Waals surface area contributed by atoms with Crippen molar-refractivity contribution in [2.75, 3.05) is 11.5 Å². The molecule has 0 aromatic carbocycles. The molecule has 98 valence electrons. The topological polar surface area (TPSA) is 77.5 Å². The highest BCUT2D eigenvalue weighted by molar-refractivity contribution is 7.96. The van der Waals surface area contributed by atoms with Crippen molar-refractivity contribution in [3.8, 4) is 0 Å². The molecule has 0 aromatic heterocycles. The van der Waals surface area contributed by atoms with Crippen molar-refractivity contribution < 1.29 is 21.6 Å². The third-order valence-corrected chi connectivity index (χ3v) is 7.97. The predicted molar refractivity (Wildman–Crippen MR) is 64.3 cm³/mol. The largest absolute Gasteiger partial charge is 0.364 e. The van der Waals surface area contributed by atoms with Gasteiger partial charge in [-0.2, -0.15) is 0 Å². The summed E-state index contributed by atoms with van der Waals surface area (Å²) >= 11 is 0. The molecule has 2 rings (SSSR count). The summed E-state index contributed by atoms with van der Waals surface area (Å²) in [5.41, 5.74) is 0. The van der Waals surface area contributed by atoms with E-state index in [1.54, 1.807) is 12.2 Å². The Hall–Kier alpha value is -0.400. The highest BCUT2D eigenvalue weighted by atomic mass is 32.2. The highest BCUT2D eigenvalue weighted by Gasteiger charge is 2.56. The third-order valence-electron chi connectivity index (χ3n) is 3.41. The van der Waals surface area contributed by atoms with Crippen molar-refractivity contribution in [1.29, 1.82) is 0 Å². The van der Waals surface area contributed by atoms with Crippen molar-refractivity contribution in [1.82, 2.24) is 0 Å². The third kappa shape index (κ3) is 1.94. The molecule has 2 heterocycles. The van der Waals surface area contributed by atoms with Crippen LogP contribution in [0.15, 0.2) is 12.2 Å². The van der Waals surface area contributed by atoms with Crippen LogP contribution in [0.25, 0.3) is 0 Å². The van der Waals surface area contributed by atoms with Crippen molar-refractivity contribution >= 4 is 19.7 Å². The van der Waals surface area contributed by atoms with E-state index in [1.165, 1.54) is 13.8 Å². The lowest BCUT2D eigenvalue weighted by molar-refractivity contribution is 0.121. The Balaban J connectivity index is 2.48. The van der Waals surface area contributed by atoms with Gasteiger partial charge >= 0.3 is 0 Å². The van der Waals surface area contributed by atoms with Gasteiger partial charge in [0.25, 0.3) is 0 Å². The molecule has 0 radical (unpaired) electrons. The first-order chi connectivity index (χ1) is 7.83. The fourth-order valence-electron chi connectivity index (χ4n) is 2.44. The normalized spacial score (nSPS) is 36.6.